The molecule has 0 unspecified atom stereocenters. The Morgan fingerprint density at radius 3 is 2.56 bits per heavy atom. The van der Waals surface area contributed by atoms with E-state index in [9.17, 15) is 4.79 Å². The maximum Gasteiger partial charge on any atom is 0.241 e. The molecule has 1 atom stereocenters. The van der Waals surface area contributed by atoms with Crippen molar-refractivity contribution in [2.24, 2.45) is 0 Å². The molecule has 3 aromatic rings. The molecule has 2 heterocycles. The minimum Gasteiger partial charge on any atom is -0.361 e. The Balaban J connectivity index is 1.56. The molecule has 0 spiro atoms. The van der Waals surface area contributed by atoms with E-state index in [1.54, 1.807) is 0 Å². The molecule has 1 aliphatic rings. The molecule has 0 radical (unpaired) electrons. The summed E-state index contributed by atoms with van der Waals surface area (Å²) in [4.78, 5) is 18.3. The first-order chi connectivity index (χ1) is 12.0. The quantitative estimate of drug-likeness (QED) is 0.768. The molecule has 25 heavy (non-hydrogen) atoms. The van der Waals surface area contributed by atoms with Crippen molar-refractivity contribution >= 4 is 16.8 Å². The smallest absolute Gasteiger partial charge is 0.241 e. The summed E-state index contributed by atoms with van der Waals surface area (Å²) in [6.07, 6.45) is 2.71. The van der Waals surface area contributed by atoms with Gasteiger partial charge in [0.15, 0.2) is 0 Å². The van der Waals surface area contributed by atoms with Gasteiger partial charge in [0.1, 0.15) is 0 Å². The van der Waals surface area contributed by atoms with Crippen molar-refractivity contribution in [3.8, 4) is 0 Å². The fourth-order valence-electron chi connectivity index (χ4n) is 3.73. The third-order valence-electron chi connectivity index (χ3n) is 5.05. The molecule has 128 valence electrons. The molecule has 1 fully saturated rings. The lowest BCUT2D eigenvalue weighted by Crippen LogP contribution is -2.46. The van der Waals surface area contributed by atoms with Crippen LogP contribution in [0.3, 0.4) is 0 Å². The number of nitrogens with zero attached hydrogens (tertiary/aromatic N) is 1. The molecule has 2 N–H and O–H groups in total. The van der Waals surface area contributed by atoms with Gasteiger partial charge in [0.2, 0.25) is 5.91 Å². The normalized spacial score (nSPS) is 19.7. The van der Waals surface area contributed by atoms with Gasteiger partial charge in [0.25, 0.3) is 0 Å². The molecule has 0 aliphatic carbocycles. The fraction of sp³-hybridized carbons (Fsp3) is 0.286. The highest BCUT2D eigenvalue weighted by Gasteiger charge is 2.44. The first-order valence-electron chi connectivity index (χ1n) is 8.73. The number of aromatic nitrogens is 1. The van der Waals surface area contributed by atoms with Crippen molar-refractivity contribution in [1.82, 2.24) is 15.2 Å². The van der Waals surface area contributed by atoms with Gasteiger partial charge in [0, 0.05) is 23.6 Å². The molecule has 1 amide bonds. The molecule has 0 saturated carbocycles. The maximum absolute atomic E-state index is 13.0. The molecule has 0 bridgehead atoms. The predicted molar refractivity (Wildman–Crippen MR) is 100.0 cm³/mol. The lowest BCUT2D eigenvalue weighted by Gasteiger charge is -2.31. The van der Waals surface area contributed by atoms with Gasteiger partial charge in [-0.1, -0.05) is 48.5 Å². The number of carbonyl (C=O) groups is 1. The highest BCUT2D eigenvalue weighted by Crippen LogP contribution is 2.27. The van der Waals surface area contributed by atoms with E-state index in [0.717, 1.165) is 11.1 Å². The van der Waals surface area contributed by atoms with E-state index in [4.69, 9.17) is 0 Å². The summed E-state index contributed by atoms with van der Waals surface area (Å²) in [5.41, 5.74) is 3.09. The molecule has 4 rings (SSSR count). The first-order valence-corrected chi connectivity index (χ1v) is 8.73. The lowest BCUT2D eigenvalue weighted by atomic mass is 10.0. The molecule has 1 aliphatic heterocycles. The minimum absolute atomic E-state index is 0.166. The van der Waals surface area contributed by atoms with Crippen LogP contribution in [-0.2, 0) is 17.8 Å². The van der Waals surface area contributed by atoms with Crippen LogP contribution in [0.5, 0.6) is 0 Å². The summed E-state index contributed by atoms with van der Waals surface area (Å²) in [5, 5.41) is 4.71. The monoisotopic (exact) mass is 333 g/mol. The van der Waals surface area contributed by atoms with Gasteiger partial charge in [-0.2, -0.15) is 0 Å². The van der Waals surface area contributed by atoms with Crippen LogP contribution in [0.25, 0.3) is 10.9 Å². The van der Waals surface area contributed by atoms with Crippen LogP contribution < -0.4 is 5.32 Å². The molecule has 2 aromatic carbocycles. The second kappa shape index (κ2) is 6.05. The maximum atomic E-state index is 13.0. The van der Waals surface area contributed by atoms with Gasteiger partial charge in [-0.15, -0.1) is 0 Å². The average Bonchev–Trinajstić information content (AvgIpc) is 3.10. The number of hydrogen-bond donors (Lipinski definition) is 2. The number of H-pyrrole nitrogens is 1. The van der Waals surface area contributed by atoms with Crippen LogP contribution in [0.15, 0.2) is 60.8 Å². The zero-order valence-corrected chi connectivity index (χ0v) is 14.6. The number of fused-ring (bicyclic) bond motifs is 1. The number of para-hydroxylation sites is 1. The van der Waals surface area contributed by atoms with Gasteiger partial charge < -0.3 is 9.88 Å². The summed E-state index contributed by atoms with van der Waals surface area (Å²) < 4.78 is 0. The third kappa shape index (κ3) is 2.94. The number of carbonyl (C=O) groups excluding carboxylic acids is 1. The van der Waals surface area contributed by atoms with E-state index in [1.165, 1.54) is 10.9 Å². The van der Waals surface area contributed by atoms with Crippen molar-refractivity contribution in [3.63, 3.8) is 0 Å². The van der Waals surface area contributed by atoms with E-state index in [2.05, 4.69) is 48.4 Å². The van der Waals surface area contributed by atoms with Crippen LogP contribution in [0.1, 0.15) is 25.0 Å². The van der Waals surface area contributed by atoms with Gasteiger partial charge in [-0.05, 0) is 37.5 Å². The highest BCUT2D eigenvalue weighted by molar-refractivity contribution is 5.88. The Labute approximate surface area is 147 Å². The number of hydrogen-bond acceptors (Lipinski definition) is 2. The molecular formula is C21H23N3O. The highest BCUT2D eigenvalue weighted by atomic mass is 16.2. The fourth-order valence-corrected chi connectivity index (χ4v) is 3.73. The summed E-state index contributed by atoms with van der Waals surface area (Å²) in [7, 11) is 0. The van der Waals surface area contributed by atoms with Gasteiger partial charge in [-0.3, -0.25) is 10.1 Å². The third-order valence-corrected chi connectivity index (χ3v) is 5.05. The Hall–Kier alpha value is -2.59. The number of benzene rings is 2. The van der Waals surface area contributed by atoms with Crippen molar-refractivity contribution in [2.75, 3.05) is 0 Å². The number of rotatable bonds is 4. The van der Waals surface area contributed by atoms with Crippen LogP contribution in [-0.4, -0.2) is 27.5 Å². The second-order valence-corrected chi connectivity index (χ2v) is 7.23. The van der Waals surface area contributed by atoms with E-state index in [-0.39, 0.29) is 17.6 Å². The summed E-state index contributed by atoms with van der Waals surface area (Å²) >= 11 is 0. The van der Waals surface area contributed by atoms with Gasteiger partial charge in [0.05, 0.1) is 11.7 Å². The van der Waals surface area contributed by atoms with Crippen molar-refractivity contribution in [3.05, 3.63) is 71.9 Å². The zero-order valence-electron chi connectivity index (χ0n) is 14.6. The Morgan fingerprint density at radius 1 is 1.04 bits per heavy atom. The average molecular weight is 333 g/mol. The van der Waals surface area contributed by atoms with Crippen LogP contribution in [0.2, 0.25) is 0 Å². The SMILES string of the molecule is CC1(C)N[C@@H](Cc2c[nH]c3ccccc23)C(=O)N1Cc1ccccc1. The van der Waals surface area contributed by atoms with E-state index in [1.807, 2.05) is 41.4 Å². The van der Waals surface area contributed by atoms with Gasteiger partial charge >= 0.3 is 0 Å². The van der Waals surface area contributed by atoms with Crippen LogP contribution >= 0.6 is 0 Å². The van der Waals surface area contributed by atoms with Crippen molar-refractivity contribution in [2.45, 2.75) is 38.5 Å². The molecule has 1 saturated heterocycles. The Bertz CT molecular complexity index is 898. The largest absolute Gasteiger partial charge is 0.361 e. The number of nitrogens with one attached hydrogen (secondary N) is 2. The Morgan fingerprint density at radius 2 is 1.76 bits per heavy atom. The standard InChI is InChI=1S/C21H23N3O/c1-21(2)23-19(12-16-13-22-18-11-7-6-10-17(16)18)20(25)24(21)14-15-8-4-3-5-9-15/h3-11,13,19,22-23H,12,14H2,1-2H3/t19-/m0/s1. The summed E-state index contributed by atoms with van der Waals surface area (Å²) in [5.74, 6) is 0.166. The topological polar surface area (TPSA) is 48.1 Å². The van der Waals surface area contributed by atoms with E-state index in [0.29, 0.717) is 13.0 Å². The minimum atomic E-state index is -0.357. The van der Waals surface area contributed by atoms with Gasteiger partial charge in [-0.25, -0.2) is 0 Å². The first kappa shape index (κ1) is 15.9. The number of aromatic amines is 1. The molecule has 1 aromatic heterocycles. The Kier molecular flexibility index (Phi) is 3.85. The summed E-state index contributed by atoms with van der Waals surface area (Å²) in [6, 6.07) is 18.2. The lowest BCUT2D eigenvalue weighted by molar-refractivity contribution is -0.132. The molecule has 4 nitrogen and oxygen atoms in total. The predicted octanol–water partition coefficient (Wildman–Crippen LogP) is 3.45. The van der Waals surface area contributed by atoms with Crippen LogP contribution in [0, 0.1) is 0 Å². The molecular weight excluding hydrogens is 310 g/mol. The van der Waals surface area contributed by atoms with Crippen molar-refractivity contribution < 1.29 is 4.79 Å². The molecule has 4 heteroatoms. The summed E-state index contributed by atoms with van der Waals surface area (Å²) in [6.45, 7) is 4.77. The van der Waals surface area contributed by atoms with Crippen molar-refractivity contribution in [1.29, 1.82) is 0 Å². The zero-order chi connectivity index (χ0) is 17.4. The van der Waals surface area contributed by atoms with E-state index < -0.39 is 0 Å². The number of amides is 1. The second-order valence-electron chi connectivity index (χ2n) is 7.23. The van der Waals surface area contributed by atoms with E-state index >= 15 is 0 Å². The van der Waals surface area contributed by atoms with Crippen LogP contribution in [0.4, 0.5) is 0 Å².